The molecule has 12 N–H and O–H groups in total. The fourth-order valence-corrected chi connectivity index (χ4v) is 10.3. The van der Waals surface area contributed by atoms with Gasteiger partial charge in [-0.25, -0.2) is 0 Å². The zero-order valence-corrected chi connectivity index (χ0v) is 67.7. The van der Waals surface area contributed by atoms with Gasteiger partial charge in [-0.15, -0.1) is 0 Å². The van der Waals surface area contributed by atoms with Crippen molar-refractivity contribution in [1.82, 2.24) is 21.3 Å². The van der Waals surface area contributed by atoms with E-state index in [1.807, 2.05) is 34.6 Å². The Balaban J connectivity index is -0.000000812. The molecule has 616 valence electrons. The van der Waals surface area contributed by atoms with Crippen molar-refractivity contribution in [2.24, 2.45) is 28.5 Å². The molecule has 0 heterocycles. The lowest BCUT2D eigenvalue weighted by Gasteiger charge is -2.13. The minimum absolute atomic E-state index is 0.0155. The first kappa shape index (κ1) is 106. The summed E-state index contributed by atoms with van der Waals surface area (Å²) in [6, 6.07) is -1.53. The molecule has 4 atom stereocenters. The van der Waals surface area contributed by atoms with Crippen molar-refractivity contribution >= 4 is 64.5 Å². The summed E-state index contributed by atoms with van der Waals surface area (Å²) in [5, 5.41) is 28.4. The molecule has 0 aromatic rings. The maximum Gasteiger partial charge on any atom is 0.303 e. The number of hydrogen-bond acceptors (Lipinski definition) is 18. The highest BCUT2D eigenvalue weighted by atomic mass is 16.5. The number of ether oxygens (including phenoxy) is 4. The van der Waals surface area contributed by atoms with E-state index in [-0.39, 0.29) is 59.7 Å². The highest BCUT2D eigenvalue weighted by Crippen LogP contribution is 2.17. The summed E-state index contributed by atoms with van der Waals surface area (Å²) in [5.74, 6) is -0.690. The van der Waals surface area contributed by atoms with Crippen LogP contribution in [0.4, 0.5) is 0 Å². The van der Waals surface area contributed by atoms with Crippen molar-refractivity contribution in [1.29, 1.82) is 0 Å². The molecule has 0 aliphatic carbocycles. The zero-order valence-electron chi connectivity index (χ0n) is 67.7. The molecule has 0 unspecified atom stereocenters. The SMILES string of the molecule is CC(=O)C(C)(C)C.CC(=O)[C@@H](N)CCCCNC(=O)[C@@H](N)CCCCNC(=O)COCCOCCCC(=O)CCCCCCCCCCCCCCC(=O)O.CCCNC(=O)[C@@H](N)CCCCNC(=O)COCCOCCCC(=O)CCCCCCCCCCCCCCC(=O)O.CCC[C@H](C)C(C)=O. The summed E-state index contributed by atoms with van der Waals surface area (Å²) >= 11 is 0. The average molecular weight is 1500 g/mol. The number of nitrogens with two attached hydrogens (primary N) is 3. The highest BCUT2D eigenvalue weighted by Gasteiger charge is 2.17. The van der Waals surface area contributed by atoms with E-state index in [1.165, 1.54) is 96.8 Å². The molecule has 0 bridgehead atoms. The quantitative estimate of drug-likeness (QED) is 0.0255. The molecule has 0 radical (unpaired) electrons. The number of carbonyl (C=O) groups excluding carboxylic acids is 9. The molecule has 105 heavy (non-hydrogen) atoms. The molecule has 24 nitrogen and oxygen atoms in total. The van der Waals surface area contributed by atoms with Gasteiger partial charge in [0.05, 0.1) is 44.6 Å². The van der Waals surface area contributed by atoms with E-state index in [0.717, 1.165) is 109 Å². The molecule has 0 aromatic carbocycles. The van der Waals surface area contributed by atoms with Crippen molar-refractivity contribution in [3.63, 3.8) is 0 Å². The van der Waals surface area contributed by atoms with Crippen molar-refractivity contribution in [2.75, 3.05) is 79.0 Å². The Hall–Kier alpha value is -5.11. The van der Waals surface area contributed by atoms with Gasteiger partial charge in [-0.1, -0.05) is 176 Å². The van der Waals surface area contributed by atoms with Crippen molar-refractivity contribution in [3.8, 4) is 0 Å². The predicted molar refractivity (Wildman–Crippen MR) is 420 cm³/mol. The maximum absolute atomic E-state index is 12.1. The first-order valence-corrected chi connectivity index (χ1v) is 40.8. The third kappa shape index (κ3) is 86.0. The smallest absolute Gasteiger partial charge is 0.303 e. The van der Waals surface area contributed by atoms with Gasteiger partial charge in [-0.3, -0.25) is 52.7 Å². The van der Waals surface area contributed by atoms with E-state index in [0.29, 0.717) is 167 Å². The normalized spacial score (nSPS) is 12.2. The Morgan fingerprint density at radius 1 is 0.333 bits per heavy atom. The number of Topliss-reactive ketones (excluding diaryl/α,β-unsaturated/α-hetero) is 5. The lowest BCUT2D eigenvalue weighted by molar-refractivity contribution is -0.138. The Morgan fingerprint density at radius 2 is 0.619 bits per heavy atom. The molecule has 0 aromatic heterocycles. The van der Waals surface area contributed by atoms with Crippen LogP contribution in [0.15, 0.2) is 0 Å². The van der Waals surface area contributed by atoms with Crippen LogP contribution in [0.5, 0.6) is 0 Å². The second kappa shape index (κ2) is 78.5. The van der Waals surface area contributed by atoms with E-state index in [9.17, 15) is 52.7 Å². The van der Waals surface area contributed by atoms with Crippen LogP contribution >= 0.6 is 0 Å². The molecule has 0 saturated heterocycles. The Kier molecular flexibility index (Phi) is 79.4. The highest BCUT2D eigenvalue weighted by molar-refractivity contribution is 5.83. The molecule has 24 heteroatoms. The molecule has 0 fully saturated rings. The summed E-state index contributed by atoms with van der Waals surface area (Å²) < 4.78 is 21.7. The van der Waals surface area contributed by atoms with Gasteiger partial charge in [0, 0.05) is 89.3 Å². The van der Waals surface area contributed by atoms with Gasteiger partial charge in [0.25, 0.3) is 0 Å². The number of carboxylic acid groups (broad SMARTS) is 2. The lowest BCUT2D eigenvalue weighted by Crippen LogP contribution is -2.41. The molecule has 0 spiro atoms. The van der Waals surface area contributed by atoms with Gasteiger partial charge in [-0.2, -0.15) is 0 Å². The van der Waals surface area contributed by atoms with Crippen molar-refractivity contribution in [2.45, 2.75) is 363 Å². The van der Waals surface area contributed by atoms with Gasteiger partial charge in [0.15, 0.2) is 0 Å². The van der Waals surface area contributed by atoms with Gasteiger partial charge in [0.2, 0.25) is 23.6 Å². The molecule has 4 amide bonds. The molecule has 0 aliphatic rings. The molecular weight excluding hydrogens is 1340 g/mol. The predicted octanol–water partition coefficient (Wildman–Crippen LogP) is 13.4. The Labute approximate surface area is 635 Å². The Morgan fingerprint density at radius 3 is 0.905 bits per heavy atom. The molecule has 0 aliphatic heterocycles. The summed E-state index contributed by atoms with van der Waals surface area (Å²) in [4.78, 5) is 125. The Bertz CT molecular complexity index is 2180. The van der Waals surface area contributed by atoms with Gasteiger partial charge in [0.1, 0.15) is 42.1 Å². The van der Waals surface area contributed by atoms with E-state index in [2.05, 4.69) is 28.2 Å². The lowest BCUT2D eigenvalue weighted by atomic mass is 9.92. The summed E-state index contributed by atoms with van der Waals surface area (Å²) in [7, 11) is 0. The number of nitrogens with one attached hydrogen (secondary N) is 4. The van der Waals surface area contributed by atoms with Crippen LogP contribution in [0.25, 0.3) is 0 Å². The third-order valence-corrected chi connectivity index (χ3v) is 17.9. The van der Waals surface area contributed by atoms with Gasteiger partial charge < -0.3 is 67.6 Å². The van der Waals surface area contributed by atoms with Crippen LogP contribution in [0.1, 0.15) is 345 Å². The molecule has 0 saturated carbocycles. The number of carboxylic acids is 2. The number of amides is 4. The first-order chi connectivity index (χ1) is 50.1. The zero-order chi connectivity index (χ0) is 79.4. The molecule has 0 rings (SSSR count). The minimum atomic E-state index is -0.697. The van der Waals surface area contributed by atoms with E-state index < -0.39 is 30.1 Å². The third-order valence-electron chi connectivity index (χ3n) is 17.9. The van der Waals surface area contributed by atoms with E-state index in [4.69, 9.17) is 46.4 Å². The number of carbonyl (C=O) groups is 11. The number of unbranched alkanes of at least 4 members (excludes halogenated alkanes) is 25. The van der Waals surface area contributed by atoms with E-state index >= 15 is 0 Å². The van der Waals surface area contributed by atoms with Crippen LogP contribution in [0.2, 0.25) is 0 Å². The summed E-state index contributed by atoms with van der Waals surface area (Å²) in [5.41, 5.74) is 17.3. The van der Waals surface area contributed by atoms with Crippen LogP contribution in [0.3, 0.4) is 0 Å². The second-order valence-electron chi connectivity index (χ2n) is 29.2. The molecular formula is C81H155N7O17. The topological polar surface area (TPSA) is 391 Å². The van der Waals surface area contributed by atoms with Crippen LogP contribution in [-0.4, -0.2) is 172 Å². The minimum Gasteiger partial charge on any atom is -0.481 e. The number of hydrogen-bond donors (Lipinski definition) is 9. The van der Waals surface area contributed by atoms with Crippen molar-refractivity contribution in [3.05, 3.63) is 0 Å². The standard InChI is InChI=1S/C36H68N4O8.C32H61N3O7.C7H14O.C6H12O/c1-30(41)32(37)21-14-17-25-40-36(46)33(38)22-15-16-24-39-34(43)29-48-28-27-47-26-18-20-31(42)19-12-10-8-6-4-2-3-5-7-9-11-13-23-35(44)45;1-2-22-35-32(40)29(33)20-15-16-23-34-30(37)27-42-26-25-41-24-17-19-28(36)18-13-11-9-7-5-3-4-6-8-10-12-14-21-31(38)39;1-4-5-6(2)7(3)8;1-5(7)6(2,3)4/h32-33H,2-29,37-38H2,1H3,(H,39,43)(H,40,46)(H,44,45);29H,2-27,33H2,1H3,(H,34,37)(H,35,40)(H,38,39);6H,4-5H2,1-3H3;1-4H3/t32-,33-;29-;6-;/m000./s1. The summed E-state index contributed by atoms with van der Waals surface area (Å²) in [6.07, 6.45) is 40.9. The maximum atomic E-state index is 12.1. The van der Waals surface area contributed by atoms with Crippen LogP contribution in [-0.2, 0) is 71.7 Å². The number of aliphatic carboxylic acids is 2. The number of ketones is 5. The van der Waals surface area contributed by atoms with Crippen LogP contribution < -0.4 is 38.5 Å². The summed E-state index contributed by atoms with van der Waals surface area (Å²) in [6.45, 7) is 21.1. The van der Waals surface area contributed by atoms with Crippen molar-refractivity contribution < 1.29 is 81.9 Å². The van der Waals surface area contributed by atoms with Gasteiger partial charge >= 0.3 is 11.9 Å². The average Bonchev–Trinajstić information content (AvgIpc) is 1.11. The number of rotatable bonds is 71. The second-order valence-corrected chi connectivity index (χ2v) is 29.2. The van der Waals surface area contributed by atoms with Gasteiger partial charge in [-0.05, 0) is 130 Å². The fourth-order valence-electron chi connectivity index (χ4n) is 10.3. The van der Waals surface area contributed by atoms with Crippen LogP contribution in [0, 0.1) is 11.3 Å². The van der Waals surface area contributed by atoms with E-state index in [1.54, 1.807) is 13.8 Å². The fraction of sp³-hybridized carbons (Fsp3) is 0.864. The largest absolute Gasteiger partial charge is 0.481 e. The monoisotopic (exact) mass is 1500 g/mol. The first-order valence-electron chi connectivity index (χ1n) is 40.8.